The third kappa shape index (κ3) is 8.76. The Morgan fingerprint density at radius 1 is 1.16 bits per heavy atom. The van der Waals surface area contributed by atoms with Crippen molar-refractivity contribution >= 4 is 29.9 Å². The Hall–Kier alpha value is -1.02. The first-order chi connectivity index (χ1) is 11.8. The number of ether oxygens (including phenoxy) is 1. The number of rotatable bonds is 7. The van der Waals surface area contributed by atoms with Crippen molar-refractivity contribution in [2.45, 2.75) is 39.2 Å². The molecule has 1 aromatic rings. The van der Waals surface area contributed by atoms with Crippen LogP contribution in [-0.4, -0.2) is 50.7 Å². The van der Waals surface area contributed by atoms with Gasteiger partial charge in [-0.1, -0.05) is 25.0 Å². The molecule has 1 saturated heterocycles. The Morgan fingerprint density at radius 3 is 2.60 bits per heavy atom. The standard InChI is InChI=1S/C19H32N4O.HI/c1-3-20-19(21-11-14-23-12-6-4-5-7-13-23)22-16-17-9-8-10-18(15-17)24-2;/h8-10,15H,3-7,11-14,16H2,1-2H3,(H2,20,21,22);1H. The summed E-state index contributed by atoms with van der Waals surface area (Å²) in [4.78, 5) is 7.24. The first kappa shape index (κ1) is 22.0. The number of methoxy groups -OCH3 is 1. The van der Waals surface area contributed by atoms with Gasteiger partial charge in [-0.05, 0) is 50.6 Å². The summed E-state index contributed by atoms with van der Waals surface area (Å²) in [6.45, 7) is 8.10. The largest absolute Gasteiger partial charge is 0.497 e. The molecule has 2 rings (SSSR count). The molecule has 1 heterocycles. The van der Waals surface area contributed by atoms with E-state index in [1.54, 1.807) is 7.11 Å². The van der Waals surface area contributed by atoms with Gasteiger partial charge in [-0.3, -0.25) is 0 Å². The maximum absolute atomic E-state index is 5.27. The number of halogens is 1. The van der Waals surface area contributed by atoms with Gasteiger partial charge in [-0.25, -0.2) is 4.99 Å². The van der Waals surface area contributed by atoms with E-state index in [1.807, 2.05) is 18.2 Å². The Morgan fingerprint density at radius 2 is 1.92 bits per heavy atom. The summed E-state index contributed by atoms with van der Waals surface area (Å²) in [5, 5.41) is 6.77. The SMILES string of the molecule is CCNC(=NCc1cccc(OC)c1)NCCN1CCCCCC1.I. The van der Waals surface area contributed by atoms with Crippen LogP contribution in [0.25, 0.3) is 0 Å². The molecule has 2 N–H and O–H groups in total. The molecule has 0 atom stereocenters. The summed E-state index contributed by atoms with van der Waals surface area (Å²) in [7, 11) is 1.69. The van der Waals surface area contributed by atoms with Crippen LogP contribution in [-0.2, 0) is 6.54 Å². The van der Waals surface area contributed by atoms with Gasteiger partial charge >= 0.3 is 0 Å². The highest BCUT2D eigenvalue weighted by Crippen LogP contribution is 2.13. The molecule has 0 bridgehead atoms. The van der Waals surface area contributed by atoms with Crippen molar-refractivity contribution in [3.8, 4) is 5.75 Å². The Bertz CT molecular complexity index is 502. The first-order valence-corrected chi connectivity index (χ1v) is 9.19. The molecule has 1 aliphatic heterocycles. The molecule has 0 unspecified atom stereocenters. The summed E-state index contributed by atoms with van der Waals surface area (Å²) >= 11 is 0. The average Bonchev–Trinajstić information content (AvgIpc) is 2.88. The van der Waals surface area contributed by atoms with Gasteiger partial charge in [0.1, 0.15) is 5.75 Å². The lowest BCUT2D eigenvalue weighted by molar-refractivity contribution is 0.289. The van der Waals surface area contributed by atoms with Crippen LogP contribution in [0.1, 0.15) is 38.2 Å². The average molecular weight is 460 g/mol. The molecule has 25 heavy (non-hydrogen) atoms. The molecule has 1 aromatic carbocycles. The quantitative estimate of drug-likeness (QED) is 0.373. The van der Waals surface area contributed by atoms with Crippen molar-refractivity contribution < 1.29 is 4.74 Å². The third-order valence-electron chi connectivity index (χ3n) is 4.32. The van der Waals surface area contributed by atoms with Crippen molar-refractivity contribution in [1.82, 2.24) is 15.5 Å². The number of nitrogens with one attached hydrogen (secondary N) is 2. The van der Waals surface area contributed by atoms with Gasteiger partial charge in [0.25, 0.3) is 0 Å². The van der Waals surface area contributed by atoms with Gasteiger partial charge in [-0.2, -0.15) is 0 Å². The summed E-state index contributed by atoms with van der Waals surface area (Å²) in [5.41, 5.74) is 1.15. The summed E-state index contributed by atoms with van der Waals surface area (Å²) in [6, 6.07) is 8.07. The molecule has 6 heteroatoms. The van der Waals surface area contributed by atoms with Crippen LogP contribution in [0.2, 0.25) is 0 Å². The number of aliphatic imine (C=N–C) groups is 1. The number of hydrogen-bond acceptors (Lipinski definition) is 3. The van der Waals surface area contributed by atoms with E-state index >= 15 is 0 Å². The molecule has 1 aliphatic rings. The smallest absolute Gasteiger partial charge is 0.191 e. The van der Waals surface area contributed by atoms with Crippen LogP contribution >= 0.6 is 24.0 Å². The summed E-state index contributed by atoms with van der Waals surface area (Å²) in [5.74, 6) is 1.76. The van der Waals surface area contributed by atoms with E-state index in [-0.39, 0.29) is 24.0 Å². The van der Waals surface area contributed by atoms with Crippen LogP contribution in [0.15, 0.2) is 29.3 Å². The Labute approximate surface area is 169 Å². The Kier molecular flexibility index (Phi) is 11.6. The fourth-order valence-electron chi connectivity index (χ4n) is 2.98. The fourth-order valence-corrected chi connectivity index (χ4v) is 2.98. The van der Waals surface area contributed by atoms with Crippen molar-refractivity contribution in [3.63, 3.8) is 0 Å². The monoisotopic (exact) mass is 460 g/mol. The fraction of sp³-hybridized carbons (Fsp3) is 0.632. The van der Waals surface area contributed by atoms with Gasteiger partial charge in [0, 0.05) is 19.6 Å². The molecule has 0 radical (unpaired) electrons. The molecule has 0 amide bonds. The van der Waals surface area contributed by atoms with Crippen molar-refractivity contribution in [2.75, 3.05) is 39.8 Å². The number of hydrogen-bond donors (Lipinski definition) is 2. The first-order valence-electron chi connectivity index (χ1n) is 9.19. The summed E-state index contributed by atoms with van der Waals surface area (Å²) < 4.78 is 5.27. The molecule has 0 aliphatic carbocycles. The highest BCUT2D eigenvalue weighted by molar-refractivity contribution is 14.0. The molecular formula is C19H33IN4O. The molecule has 5 nitrogen and oxygen atoms in total. The second-order valence-corrected chi connectivity index (χ2v) is 6.23. The van der Waals surface area contributed by atoms with E-state index in [0.29, 0.717) is 6.54 Å². The lowest BCUT2D eigenvalue weighted by Crippen LogP contribution is -2.41. The minimum atomic E-state index is 0. The lowest BCUT2D eigenvalue weighted by Gasteiger charge is -2.20. The zero-order valence-electron chi connectivity index (χ0n) is 15.6. The molecule has 142 valence electrons. The van der Waals surface area contributed by atoms with Crippen molar-refractivity contribution in [2.24, 2.45) is 4.99 Å². The minimum Gasteiger partial charge on any atom is -0.497 e. The number of likely N-dealkylation sites (tertiary alicyclic amines) is 1. The van der Waals surface area contributed by atoms with Gasteiger partial charge in [0.05, 0.1) is 13.7 Å². The second-order valence-electron chi connectivity index (χ2n) is 6.23. The van der Waals surface area contributed by atoms with Crippen LogP contribution < -0.4 is 15.4 Å². The molecule has 0 aromatic heterocycles. The third-order valence-corrected chi connectivity index (χ3v) is 4.32. The lowest BCUT2D eigenvalue weighted by atomic mass is 10.2. The zero-order valence-corrected chi connectivity index (χ0v) is 17.9. The molecule has 0 spiro atoms. The minimum absolute atomic E-state index is 0. The normalized spacial score (nSPS) is 15.8. The van der Waals surface area contributed by atoms with Gasteiger partial charge in [-0.15, -0.1) is 24.0 Å². The van der Waals surface area contributed by atoms with E-state index < -0.39 is 0 Å². The predicted molar refractivity (Wildman–Crippen MR) is 116 cm³/mol. The maximum atomic E-state index is 5.27. The highest BCUT2D eigenvalue weighted by atomic mass is 127. The van der Waals surface area contributed by atoms with E-state index in [2.05, 4.69) is 33.5 Å². The van der Waals surface area contributed by atoms with Crippen LogP contribution in [0.4, 0.5) is 0 Å². The highest BCUT2D eigenvalue weighted by Gasteiger charge is 2.08. The van der Waals surface area contributed by atoms with Gasteiger partial charge < -0.3 is 20.3 Å². The van der Waals surface area contributed by atoms with Crippen molar-refractivity contribution in [1.29, 1.82) is 0 Å². The summed E-state index contributed by atoms with van der Waals surface area (Å²) in [6.07, 6.45) is 5.44. The predicted octanol–water partition coefficient (Wildman–Crippen LogP) is 3.24. The maximum Gasteiger partial charge on any atom is 0.191 e. The number of nitrogens with zero attached hydrogens (tertiary/aromatic N) is 2. The zero-order chi connectivity index (χ0) is 17.0. The number of guanidine groups is 1. The second kappa shape index (κ2) is 13.2. The van der Waals surface area contributed by atoms with Crippen LogP contribution in [0.3, 0.4) is 0 Å². The number of benzene rings is 1. The van der Waals surface area contributed by atoms with E-state index in [9.17, 15) is 0 Å². The van der Waals surface area contributed by atoms with E-state index in [1.165, 1.54) is 38.8 Å². The molecule has 1 fully saturated rings. The van der Waals surface area contributed by atoms with E-state index in [0.717, 1.165) is 36.9 Å². The van der Waals surface area contributed by atoms with E-state index in [4.69, 9.17) is 4.74 Å². The molecule has 0 saturated carbocycles. The van der Waals surface area contributed by atoms with Gasteiger partial charge in [0.15, 0.2) is 5.96 Å². The van der Waals surface area contributed by atoms with Gasteiger partial charge in [0.2, 0.25) is 0 Å². The van der Waals surface area contributed by atoms with Crippen molar-refractivity contribution in [3.05, 3.63) is 29.8 Å². The Balaban J connectivity index is 0.00000312. The molecular weight excluding hydrogens is 427 g/mol. The van der Waals surface area contributed by atoms with Crippen LogP contribution in [0, 0.1) is 0 Å². The van der Waals surface area contributed by atoms with Crippen LogP contribution in [0.5, 0.6) is 5.75 Å². The topological polar surface area (TPSA) is 48.9 Å².